The monoisotopic (exact) mass is 427 g/mol. The van der Waals surface area contributed by atoms with Gasteiger partial charge in [0, 0.05) is 37.3 Å². The van der Waals surface area contributed by atoms with Gasteiger partial charge in [-0.25, -0.2) is 9.07 Å². The summed E-state index contributed by atoms with van der Waals surface area (Å²) in [4.78, 5) is 7.05. The summed E-state index contributed by atoms with van der Waals surface area (Å²) in [5.41, 5.74) is 11.8. The van der Waals surface area contributed by atoms with Crippen LogP contribution in [0.25, 0.3) is 33.4 Å². The van der Waals surface area contributed by atoms with Crippen LogP contribution in [0.3, 0.4) is 0 Å². The highest BCUT2D eigenvalue weighted by Gasteiger charge is 2.20. The number of nitrogens with two attached hydrogens (primary N) is 1. The van der Waals surface area contributed by atoms with E-state index in [4.69, 9.17) is 16.0 Å². The molecule has 2 N–H and O–H groups in total. The average Bonchev–Trinajstić information content (AvgIpc) is 3.19. The molecule has 8 heteroatoms. The maximum atomic E-state index is 14.5. The van der Waals surface area contributed by atoms with E-state index < -0.39 is 5.82 Å². The van der Waals surface area contributed by atoms with Crippen molar-refractivity contribution >= 4 is 16.7 Å². The van der Waals surface area contributed by atoms with E-state index in [0.717, 1.165) is 59.5 Å². The van der Waals surface area contributed by atoms with Gasteiger partial charge < -0.3 is 10.6 Å². The fraction of sp³-hybridized carbons (Fsp3) is 0.250. The molecule has 1 aliphatic heterocycles. The van der Waals surface area contributed by atoms with Crippen molar-refractivity contribution < 1.29 is 4.39 Å². The van der Waals surface area contributed by atoms with Gasteiger partial charge >= 0.3 is 0 Å². The Morgan fingerprint density at radius 2 is 1.88 bits per heavy atom. The van der Waals surface area contributed by atoms with Crippen LogP contribution in [0, 0.1) is 17.1 Å². The Kier molecular flexibility index (Phi) is 5.04. The third kappa shape index (κ3) is 3.57. The van der Waals surface area contributed by atoms with Crippen molar-refractivity contribution in [1.29, 1.82) is 5.26 Å². The Balaban J connectivity index is 1.65. The number of aryl methyl sites for hydroxylation is 1. The largest absolute Gasteiger partial charge is 0.370 e. The van der Waals surface area contributed by atoms with Gasteiger partial charge in [0.05, 0.1) is 28.7 Å². The van der Waals surface area contributed by atoms with Crippen LogP contribution in [0.4, 0.5) is 10.1 Å². The van der Waals surface area contributed by atoms with E-state index in [-0.39, 0.29) is 11.6 Å². The Morgan fingerprint density at radius 1 is 1.09 bits per heavy atom. The van der Waals surface area contributed by atoms with Crippen LogP contribution < -0.4 is 10.6 Å². The van der Waals surface area contributed by atoms with Crippen molar-refractivity contribution in [3.8, 4) is 28.5 Å². The SMILES string of the molecule is Cn1nnc2cc(-c3ncc(N4CCC(N)CC4)cc3-c3ccc(C#N)c(F)c3)ccc21. The summed E-state index contributed by atoms with van der Waals surface area (Å²) in [6.07, 6.45) is 3.70. The van der Waals surface area contributed by atoms with Crippen LogP contribution in [0.1, 0.15) is 18.4 Å². The number of halogens is 1. The molecule has 1 fully saturated rings. The van der Waals surface area contributed by atoms with Crippen LogP contribution in [0.15, 0.2) is 48.7 Å². The fourth-order valence-electron chi connectivity index (χ4n) is 4.20. The Labute approximate surface area is 184 Å². The molecule has 2 aromatic carbocycles. The second kappa shape index (κ2) is 8.02. The van der Waals surface area contributed by atoms with E-state index in [1.54, 1.807) is 10.7 Å². The third-order valence-electron chi connectivity index (χ3n) is 6.06. The van der Waals surface area contributed by atoms with Crippen LogP contribution in [0.5, 0.6) is 0 Å². The highest BCUT2D eigenvalue weighted by molar-refractivity contribution is 5.87. The van der Waals surface area contributed by atoms with Gasteiger partial charge in [0.25, 0.3) is 0 Å². The number of fused-ring (bicyclic) bond motifs is 1. The molecule has 0 unspecified atom stereocenters. The molecule has 32 heavy (non-hydrogen) atoms. The lowest BCUT2D eigenvalue weighted by atomic mass is 9.97. The molecule has 5 rings (SSSR count). The van der Waals surface area contributed by atoms with Gasteiger partial charge in [-0.3, -0.25) is 4.98 Å². The maximum Gasteiger partial charge on any atom is 0.141 e. The van der Waals surface area contributed by atoms with Gasteiger partial charge in [0.1, 0.15) is 17.4 Å². The lowest BCUT2D eigenvalue weighted by molar-refractivity contribution is 0.501. The zero-order valence-electron chi connectivity index (χ0n) is 17.7. The first-order valence-corrected chi connectivity index (χ1v) is 10.5. The predicted molar refractivity (Wildman–Crippen MR) is 121 cm³/mol. The lowest BCUT2D eigenvalue weighted by Gasteiger charge is -2.32. The number of hydrogen-bond acceptors (Lipinski definition) is 6. The molecule has 0 bridgehead atoms. The van der Waals surface area contributed by atoms with Crippen LogP contribution >= 0.6 is 0 Å². The first kappa shape index (κ1) is 20.1. The minimum atomic E-state index is -0.547. The van der Waals surface area contributed by atoms with Crippen LogP contribution in [-0.2, 0) is 7.05 Å². The minimum Gasteiger partial charge on any atom is -0.370 e. The summed E-state index contributed by atoms with van der Waals surface area (Å²) in [5.74, 6) is -0.547. The number of anilines is 1. The molecule has 3 heterocycles. The molecule has 2 aromatic heterocycles. The summed E-state index contributed by atoms with van der Waals surface area (Å²) in [5, 5.41) is 17.4. The van der Waals surface area contributed by atoms with Gasteiger partial charge in [0.2, 0.25) is 0 Å². The van der Waals surface area contributed by atoms with Crippen LogP contribution in [0.2, 0.25) is 0 Å². The third-order valence-corrected chi connectivity index (χ3v) is 6.06. The van der Waals surface area contributed by atoms with Crippen molar-refractivity contribution in [2.45, 2.75) is 18.9 Å². The standard InChI is InChI=1S/C24H22FN7/c1-31-23-5-4-16(11-22(23)29-30-31)24-20(15-2-3-17(13-26)21(25)10-15)12-19(14-28-24)32-8-6-18(27)7-9-32/h2-5,10-12,14,18H,6-9,27H2,1H3. The molecule has 0 atom stereocenters. The molecule has 0 aliphatic carbocycles. The number of aromatic nitrogens is 4. The average molecular weight is 427 g/mol. The summed E-state index contributed by atoms with van der Waals surface area (Å²) in [6.45, 7) is 1.71. The van der Waals surface area contributed by atoms with E-state index in [9.17, 15) is 4.39 Å². The van der Waals surface area contributed by atoms with Gasteiger partial charge in [-0.2, -0.15) is 5.26 Å². The molecule has 7 nitrogen and oxygen atoms in total. The molecule has 0 radical (unpaired) electrons. The highest BCUT2D eigenvalue weighted by Crippen LogP contribution is 2.35. The summed E-state index contributed by atoms with van der Waals surface area (Å²) in [7, 11) is 1.84. The van der Waals surface area contributed by atoms with E-state index in [2.05, 4.69) is 15.2 Å². The predicted octanol–water partition coefficient (Wildman–Crippen LogP) is 3.64. The second-order valence-corrected chi connectivity index (χ2v) is 8.14. The Hall–Kier alpha value is -3.83. The topological polar surface area (TPSA) is 96.7 Å². The van der Waals surface area contributed by atoms with Crippen molar-refractivity contribution in [1.82, 2.24) is 20.0 Å². The van der Waals surface area contributed by atoms with Gasteiger partial charge in [-0.05, 0) is 48.7 Å². The molecule has 160 valence electrons. The normalized spacial score (nSPS) is 14.6. The molecular formula is C24H22FN7. The zero-order chi connectivity index (χ0) is 22.2. The number of rotatable bonds is 3. The minimum absolute atomic E-state index is 0.0189. The maximum absolute atomic E-state index is 14.5. The number of piperidine rings is 1. The van der Waals surface area contributed by atoms with Gasteiger partial charge in [-0.1, -0.05) is 17.3 Å². The molecule has 0 saturated carbocycles. The quantitative estimate of drug-likeness (QED) is 0.536. The molecule has 1 aliphatic rings. The van der Waals surface area contributed by atoms with E-state index in [1.807, 2.05) is 43.6 Å². The van der Waals surface area contributed by atoms with E-state index in [0.29, 0.717) is 5.56 Å². The van der Waals surface area contributed by atoms with E-state index >= 15 is 0 Å². The summed E-state index contributed by atoms with van der Waals surface area (Å²) >= 11 is 0. The van der Waals surface area contributed by atoms with Crippen molar-refractivity contribution in [3.05, 3.63) is 60.0 Å². The number of nitrogens with zero attached hydrogens (tertiary/aromatic N) is 6. The first-order valence-electron chi connectivity index (χ1n) is 10.5. The van der Waals surface area contributed by atoms with Crippen molar-refractivity contribution in [2.24, 2.45) is 12.8 Å². The second-order valence-electron chi connectivity index (χ2n) is 8.14. The van der Waals surface area contributed by atoms with Crippen LogP contribution in [-0.4, -0.2) is 39.1 Å². The van der Waals surface area contributed by atoms with Gasteiger partial charge in [-0.15, -0.1) is 5.10 Å². The zero-order valence-corrected chi connectivity index (χ0v) is 17.7. The Morgan fingerprint density at radius 3 is 2.62 bits per heavy atom. The number of benzene rings is 2. The van der Waals surface area contributed by atoms with Gasteiger partial charge in [0.15, 0.2) is 0 Å². The highest BCUT2D eigenvalue weighted by atomic mass is 19.1. The number of nitriles is 1. The number of pyridine rings is 1. The van der Waals surface area contributed by atoms with E-state index in [1.165, 1.54) is 12.1 Å². The number of hydrogen-bond donors (Lipinski definition) is 1. The first-order chi connectivity index (χ1) is 15.5. The summed E-state index contributed by atoms with van der Waals surface area (Å²) < 4.78 is 16.2. The van der Waals surface area contributed by atoms with Crippen molar-refractivity contribution in [2.75, 3.05) is 18.0 Å². The van der Waals surface area contributed by atoms with Crippen molar-refractivity contribution in [3.63, 3.8) is 0 Å². The fourth-order valence-corrected chi connectivity index (χ4v) is 4.20. The summed E-state index contributed by atoms with van der Waals surface area (Å²) in [6, 6.07) is 14.7. The molecular weight excluding hydrogens is 405 g/mol. The Bertz CT molecular complexity index is 1350. The smallest absolute Gasteiger partial charge is 0.141 e. The molecule has 0 amide bonds. The molecule has 0 spiro atoms. The lowest BCUT2D eigenvalue weighted by Crippen LogP contribution is -2.39. The molecule has 1 saturated heterocycles. The molecule has 4 aromatic rings.